The first-order chi connectivity index (χ1) is 8.44. The number of hydrogen-bond donors (Lipinski definition) is 2. The summed E-state index contributed by atoms with van der Waals surface area (Å²) < 4.78 is 9.13. The van der Waals surface area contributed by atoms with Crippen LogP contribution in [0.1, 0.15) is 13.8 Å². The molecule has 0 spiro atoms. The topological polar surface area (TPSA) is 168 Å². The second kappa shape index (κ2) is 22.4. The molecular weight excluding hydrogens is 404 g/mol. The van der Waals surface area contributed by atoms with E-state index in [9.17, 15) is 9.59 Å². The maximum absolute atomic E-state index is 10.6. The number of nitrogens with two attached hydrogens (primary N) is 2. The predicted molar refractivity (Wildman–Crippen MR) is 80.9 cm³/mol. The molecule has 0 heterocycles. The third-order valence-corrected chi connectivity index (χ3v) is 2.26. The van der Waals surface area contributed by atoms with Crippen LogP contribution in [0.4, 0.5) is 0 Å². The molecule has 0 aromatic carbocycles. The second-order valence-electron chi connectivity index (χ2n) is 3.05. The monoisotopic (exact) mass is 430 g/mol. The molecule has 0 bridgehead atoms. The van der Waals surface area contributed by atoms with Crippen molar-refractivity contribution in [2.75, 3.05) is 24.7 Å². The molecule has 0 fully saturated rings. The van der Waals surface area contributed by atoms with E-state index in [4.69, 9.17) is 11.5 Å². The quantitative estimate of drug-likeness (QED) is 0.260. The van der Waals surface area contributed by atoms with Gasteiger partial charge >= 0.3 is 33.0 Å². The van der Waals surface area contributed by atoms with Crippen LogP contribution >= 0.6 is 0 Å². The zero-order valence-electron chi connectivity index (χ0n) is 12.0. The Balaban J connectivity index is -0.0000000711. The third kappa shape index (κ3) is 20.2. The van der Waals surface area contributed by atoms with Gasteiger partial charge in [0.2, 0.25) is 0 Å². The summed E-state index contributed by atoms with van der Waals surface area (Å²) in [7, 11) is 0. The molecule has 0 aliphatic carbocycles. The fraction of sp³-hybridized carbons (Fsp3) is 0.800. The average Bonchev–Trinajstić information content (AvgIpc) is 2.38. The second-order valence-corrected chi connectivity index (χ2v) is 3.72. The van der Waals surface area contributed by atoms with Crippen molar-refractivity contribution < 1.29 is 51.1 Å². The minimum Gasteiger partial charge on any atom is -0.791 e. The Bertz CT molecular complexity index is 228. The molecule has 8 N–H and O–H groups in total. The van der Waals surface area contributed by atoms with Crippen LogP contribution in [0.2, 0.25) is 0 Å². The van der Waals surface area contributed by atoms with Crippen molar-refractivity contribution >= 4 is 37.2 Å². The fourth-order valence-electron chi connectivity index (χ4n) is 0.635. The van der Waals surface area contributed by atoms with Gasteiger partial charge < -0.3 is 57.2 Å². The standard InChI is InChI=1S/2C5H11NO2S.Mo.2H2O/c2*1-2-8-5(7)4(6)3-9;;;/h2*4,9H,2-3,6H2,1H3;;2*1H2/q;;+2;;/p-2/t2*4-;;;/m00.../s1. The fourth-order valence-corrected chi connectivity index (χ4v) is 0.907. The Hall–Kier alpha value is 0.168. The van der Waals surface area contributed by atoms with Crippen molar-refractivity contribution in [1.82, 2.24) is 0 Å². The van der Waals surface area contributed by atoms with Crippen LogP contribution in [-0.4, -0.2) is 59.7 Å². The van der Waals surface area contributed by atoms with Crippen LogP contribution in [0.25, 0.3) is 0 Å². The molecule has 0 aromatic rings. The first-order valence-corrected chi connectivity index (χ1v) is 6.60. The summed E-state index contributed by atoms with van der Waals surface area (Å²) in [4.78, 5) is 21.1. The summed E-state index contributed by atoms with van der Waals surface area (Å²) in [6.07, 6.45) is 0. The van der Waals surface area contributed by atoms with Crippen LogP contribution in [0.15, 0.2) is 0 Å². The van der Waals surface area contributed by atoms with Crippen molar-refractivity contribution in [3.05, 3.63) is 0 Å². The van der Waals surface area contributed by atoms with E-state index in [0.717, 1.165) is 0 Å². The molecule has 2 atom stereocenters. The minimum atomic E-state index is -0.625. The van der Waals surface area contributed by atoms with Crippen LogP contribution in [0.5, 0.6) is 0 Å². The average molecular weight is 428 g/mol. The van der Waals surface area contributed by atoms with E-state index in [2.05, 4.69) is 34.7 Å². The molecule has 0 aliphatic heterocycles. The summed E-state index contributed by atoms with van der Waals surface area (Å²) in [6.45, 7) is 4.19. The van der Waals surface area contributed by atoms with E-state index < -0.39 is 24.0 Å². The molecule has 0 saturated carbocycles. The van der Waals surface area contributed by atoms with Gasteiger partial charge in [0.15, 0.2) is 0 Å². The summed E-state index contributed by atoms with van der Waals surface area (Å²) in [5.74, 6) is -0.377. The molecule has 0 unspecified atom stereocenters. The molecule has 0 aliphatic rings. The van der Waals surface area contributed by atoms with E-state index in [1.54, 1.807) is 13.8 Å². The van der Waals surface area contributed by atoms with E-state index in [1.807, 2.05) is 0 Å². The molecule has 0 saturated heterocycles. The number of ether oxygens (including phenoxy) is 2. The molecule has 0 aromatic heterocycles. The van der Waals surface area contributed by atoms with Crippen molar-refractivity contribution in [2.24, 2.45) is 11.5 Å². The first kappa shape index (κ1) is 32.9. The number of hydrogen-bond acceptors (Lipinski definition) is 8. The predicted octanol–water partition coefficient (Wildman–Crippen LogP) is -2.80. The van der Waals surface area contributed by atoms with Crippen molar-refractivity contribution in [3.63, 3.8) is 0 Å². The van der Waals surface area contributed by atoms with Gasteiger partial charge in [0.1, 0.15) is 0 Å². The van der Waals surface area contributed by atoms with E-state index in [1.165, 1.54) is 0 Å². The van der Waals surface area contributed by atoms with Crippen molar-refractivity contribution in [2.45, 2.75) is 25.9 Å². The maximum atomic E-state index is 10.6. The SMILES string of the molecule is CCOC(=O)[C@@H](N)C[S-].CCOC(=O)[C@@H](N)C[S-].O.O.[Mo+2]. The third-order valence-electron chi connectivity index (χ3n) is 1.54. The largest absolute Gasteiger partial charge is 2.00 e. The van der Waals surface area contributed by atoms with E-state index >= 15 is 0 Å². The number of carbonyl (C=O) groups excluding carboxylic acids is 2. The number of rotatable bonds is 6. The molecular formula is C10H24MoN2O6S2. The summed E-state index contributed by atoms with van der Waals surface area (Å²) in [5, 5.41) is 0. The molecule has 0 radical (unpaired) electrons. The molecule has 0 amide bonds. The van der Waals surface area contributed by atoms with Crippen LogP contribution in [0, 0.1) is 0 Å². The Morgan fingerprint density at radius 1 is 0.905 bits per heavy atom. The minimum absolute atomic E-state index is 0. The summed E-state index contributed by atoms with van der Waals surface area (Å²) in [6, 6.07) is -1.25. The van der Waals surface area contributed by atoms with Gasteiger partial charge in [-0.3, -0.25) is 9.59 Å². The van der Waals surface area contributed by atoms with Crippen LogP contribution < -0.4 is 11.5 Å². The van der Waals surface area contributed by atoms with Crippen molar-refractivity contribution in [1.29, 1.82) is 0 Å². The summed E-state index contributed by atoms with van der Waals surface area (Å²) in [5.41, 5.74) is 10.4. The Morgan fingerprint density at radius 2 is 1.14 bits per heavy atom. The van der Waals surface area contributed by atoms with Crippen LogP contribution in [0.3, 0.4) is 0 Å². The van der Waals surface area contributed by atoms with Crippen LogP contribution in [-0.2, 0) is 65.4 Å². The molecule has 128 valence electrons. The number of carbonyl (C=O) groups is 2. The van der Waals surface area contributed by atoms with Gasteiger partial charge in [-0.05, 0) is 13.8 Å². The van der Waals surface area contributed by atoms with Gasteiger partial charge in [-0.15, -0.1) is 0 Å². The van der Waals surface area contributed by atoms with Gasteiger partial charge in [-0.1, -0.05) is 0 Å². The van der Waals surface area contributed by atoms with E-state index in [0.29, 0.717) is 13.2 Å². The van der Waals surface area contributed by atoms with Crippen molar-refractivity contribution in [3.8, 4) is 0 Å². The smallest absolute Gasteiger partial charge is 0.791 e. The molecule has 21 heavy (non-hydrogen) atoms. The maximum Gasteiger partial charge on any atom is 2.00 e. The van der Waals surface area contributed by atoms with Gasteiger partial charge in [0.05, 0.1) is 25.3 Å². The normalized spacial score (nSPS) is 11.0. The van der Waals surface area contributed by atoms with Gasteiger partial charge in [-0.25, -0.2) is 0 Å². The van der Waals surface area contributed by atoms with Gasteiger partial charge in [0.25, 0.3) is 0 Å². The molecule has 11 heteroatoms. The summed E-state index contributed by atoms with van der Waals surface area (Å²) >= 11 is 9.08. The van der Waals surface area contributed by atoms with E-state index in [-0.39, 0.29) is 43.5 Å². The number of esters is 2. The molecule has 0 rings (SSSR count). The zero-order valence-corrected chi connectivity index (χ0v) is 15.6. The first-order valence-electron chi connectivity index (χ1n) is 5.45. The zero-order chi connectivity index (χ0) is 14.6. The molecule has 8 nitrogen and oxygen atoms in total. The Labute approximate surface area is 150 Å². The Kier molecular flexibility index (Phi) is 35.2. The Morgan fingerprint density at radius 3 is 1.29 bits per heavy atom. The van der Waals surface area contributed by atoms with Gasteiger partial charge in [0, 0.05) is 0 Å². The van der Waals surface area contributed by atoms with Gasteiger partial charge in [-0.2, -0.15) is 11.5 Å².